The zero-order valence-corrected chi connectivity index (χ0v) is 17.5. The molecule has 1 aliphatic carbocycles. The molecule has 1 amide bonds. The van der Waals surface area contributed by atoms with Crippen molar-refractivity contribution in [2.75, 3.05) is 0 Å². The predicted octanol–water partition coefficient (Wildman–Crippen LogP) is 5.24. The summed E-state index contributed by atoms with van der Waals surface area (Å²) in [6.07, 6.45) is -3.85. The molecule has 5 rings (SSSR count). The van der Waals surface area contributed by atoms with Crippen molar-refractivity contribution in [2.45, 2.75) is 63.8 Å². The minimum atomic E-state index is -3.18. The molecule has 3 aliphatic rings. The number of nitrogens with zero attached hydrogens (tertiary/aromatic N) is 6. The molecular weight excluding hydrogens is 400 g/mol. The van der Waals surface area contributed by atoms with Crippen LogP contribution in [0.2, 0.25) is 0 Å². The molecule has 0 N–H and O–H groups in total. The average Bonchev–Trinajstić information content (AvgIpc) is 3.63. The first-order valence-electron chi connectivity index (χ1n) is 14.1. The SMILES string of the molecule is [2H]C([2H])([2H])C([2H])([2H])C([2H])([2H])CC1=NC2(CCCC2)C(=O)N1Cc1ccc(-c2ccccc2C2=NN=N[N]2)cc1. The van der Waals surface area contributed by atoms with Gasteiger partial charge < -0.3 is 0 Å². The van der Waals surface area contributed by atoms with E-state index in [1.807, 2.05) is 48.5 Å². The van der Waals surface area contributed by atoms with Gasteiger partial charge >= 0.3 is 0 Å². The maximum Gasteiger partial charge on any atom is 0.256 e. The zero-order valence-electron chi connectivity index (χ0n) is 24.5. The van der Waals surface area contributed by atoms with E-state index in [1.165, 1.54) is 4.90 Å². The fourth-order valence-corrected chi connectivity index (χ4v) is 4.59. The van der Waals surface area contributed by atoms with Gasteiger partial charge in [-0.1, -0.05) is 74.6 Å². The molecule has 32 heavy (non-hydrogen) atoms. The van der Waals surface area contributed by atoms with Crippen LogP contribution in [0.3, 0.4) is 0 Å². The van der Waals surface area contributed by atoms with Crippen LogP contribution in [0.15, 0.2) is 69.1 Å². The van der Waals surface area contributed by atoms with Crippen molar-refractivity contribution in [3.8, 4) is 11.1 Å². The Hall–Kier alpha value is -3.35. The van der Waals surface area contributed by atoms with Crippen LogP contribution in [-0.4, -0.2) is 28.0 Å². The van der Waals surface area contributed by atoms with E-state index in [0.29, 0.717) is 18.7 Å². The Morgan fingerprint density at radius 1 is 1.06 bits per heavy atom. The van der Waals surface area contributed by atoms with Crippen molar-refractivity contribution >= 4 is 17.6 Å². The Labute approximate surface area is 198 Å². The van der Waals surface area contributed by atoms with Crippen molar-refractivity contribution in [1.29, 1.82) is 0 Å². The number of hydrogen-bond acceptors (Lipinski definition) is 5. The molecule has 1 saturated carbocycles. The Morgan fingerprint density at radius 2 is 1.84 bits per heavy atom. The molecule has 7 nitrogen and oxygen atoms in total. The Kier molecular flexibility index (Phi) is 3.77. The predicted molar refractivity (Wildman–Crippen MR) is 124 cm³/mol. The van der Waals surface area contributed by atoms with Crippen molar-refractivity contribution < 1.29 is 14.4 Å². The van der Waals surface area contributed by atoms with E-state index in [2.05, 4.69) is 26.0 Å². The molecule has 1 radical (unpaired) electrons. The van der Waals surface area contributed by atoms with Crippen LogP contribution in [0.25, 0.3) is 11.1 Å². The summed E-state index contributed by atoms with van der Waals surface area (Å²) in [6.45, 7) is -3.07. The van der Waals surface area contributed by atoms with E-state index in [4.69, 9.17) is 9.60 Å². The molecule has 0 aromatic heterocycles. The van der Waals surface area contributed by atoms with Crippen LogP contribution in [-0.2, 0) is 11.3 Å². The maximum atomic E-state index is 13.6. The van der Waals surface area contributed by atoms with Crippen molar-refractivity contribution in [2.24, 2.45) is 20.5 Å². The second-order valence-corrected chi connectivity index (χ2v) is 8.08. The summed E-state index contributed by atoms with van der Waals surface area (Å²) in [6, 6.07) is 15.1. The van der Waals surface area contributed by atoms with Crippen molar-refractivity contribution in [1.82, 2.24) is 10.3 Å². The number of aliphatic imine (C=N–C) groups is 1. The number of rotatable bonds is 7. The lowest BCUT2D eigenvalue weighted by atomic mass is 9.97. The number of carbonyl (C=O) groups is 1. The molecule has 0 atom stereocenters. The Morgan fingerprint density at radius 3 is 2.56 bits per heavy atom. The summed E-state index contributed by atoms with van der Waals surface area (Å²) in [5.74, 6) is 0.247. The van der Waals surface area contributed by atoms with Gasteiger partial charge in [0.05, 0.1) is 6.54 Å². The fraction of sp³-hybridized carbons (Fsp3) is 0.400. The molecule has 0 saturated heterocycles. The summed E-state index contributed by atoms with van der Waals surface area (Å²) in [7, 11) is 0. The molecule has 7 heteroatoms. The minimum absolute atomic E-state index is 0.0859. The van der Waals surface area contributed by atoms with Crippen LogP contribution in [0.1, 0.15) is 72.4 Å². The van der Waals surface area contributed by atoms with Crippen LogP contribution in [0, 0.1) is 0 Å². The van der Waals surface area contributed by atoms with Crippen LogP contribution in [0.5, 0.6) is 0 Å². The average molecular weight is 435 g/mol. The number of benzene rings is 2. The standard InChI is InChI=1S/C25H27N6O/c1-2-3-10-22-26-25(15-6-7-16-25)24(32)31(22)17-18-11-13-19(14-12-18)20-8-4-5-9-21(20)23-27-29-30-28-23/h4-5,8-9,11-14H,2-3,6-7,10,15-17H2,1H3/i1D3,2D2,3D2. The van der Waals surface area contributed by atoms with Gasteiger partial charge in [-0.25, -0.2) is 0 Å². The third kappa shape index (κ3) is 3.72. The van der Waals surface area contributed by atoms with Gasteiger partial charge in [-0.2, -0.15) is 0 Å². The maximum absolute atomic E-state index is 13.6. The highest BCUT2D eigenvalue weighted by Crippen LogP contribution is 2.40. The van der Waals surface area contributed by atoms with Crippen molar-refractivity contribution in [3.63, 3.8) is 0 Å². The molecule has 2 aromatic carbocycles. The first-order valence-corrected chi connectivity index (χ1v) is 10.6. The van der Waals surface area contributed by atoms with E-state index in [-0.39, 0.29) is 18.3 Å². The molecule has 2 aliphatic heterocycles. The largest absolute Gasteiger partial charge is 0.294 e. The first-order chi connectivity index (χ1) is 18.3. The first kappa shape index (κ1) is 13.9. The lowest BCUT2D eigenvalue weighted by Gasteiger charge is -2.23. The van der Waals surface area contributed by atoms with Crippen LogP contribution >= 0.6 is 0 Å². The van der Waals surface area contributed by atoms with Gasteiger partial charge in [0, 0.05) is 21.6 Å². The van der Waals surface area contributed by atoms with E-state index in [1.54, 1.807) is 0 Å². The highest BCUT2D eigenvalue weighted by atomic mass is 16.2. The van der Waals surface area contributed by atoms with E-state index < -0.39 is 31.6 Å². The Balaban J connectivity index is 1.41. The van der Waals surface area contributed by atoms with Gasteiger partial charge in [0.1, 0.15) is 11.4 Å². The second kappa shape index (κ2) is 8.65. The summed E-state index contributed by atoms with van der Waals surface area (Å²) < 4.78 is 55.3. The lowest BCUT2D eigenvalue weighted by molar-refractivity contribution is -0.131. The lowest BCUT2D eigenvalue weighted by Crippen LogP contribution is -2.40. The van der Waals surface area contributed by atoms with Gasteiger partial charge in [0.2, 0.25) is 5.84 Å². The normalized spacial score (nSPS) is 23.4. The summed E-state index contributed by atoms with van der Waals surface area (Å²) in [5, 5.41) is 11.1. The Bertz CT molecular complexity index is 1360. The van der Waals surface area contributed by atoms with E-state index in [0.717, 1.165) is 35.1 Å². The quantitative estimate of drug-likeness (QED) is 0.586. The molecule has 0 unspecified atom stereocenters. The third-order valence-corrected chi connectivity index (χ3v) is 6.16. The smallest absolute Gasteiger partial charge is 0.256 e. The van der Waals surface area contributed by atoms with Gasteiger partial charge in [-0.05, 0) is 46.4 Å². The number of carbonyl (C=O) groups excluding carboxylic acids is 1. The fourth-order valence-electron chi connectivity index (χ4n) is 4.59. The van der Waals surface area contributed by atoms with Crippen molar-refractivity contribution in [3.05, 3.63) is 59.7 Å². The van der Waals surface area contributed by atoms with Crippen LogP contribution < -0.4 is 5.43 Å². The molecule has 1 spiro atoms. The van der Waals surface area contributed by atoms with Gasteiger partial charge in [0.15, 0.2) is 0 Å². The molecule has 2 aromatic rings. The number of amidine groups is 2. The third-order valence-electron chi connectivity index (χ3n) is 6.16. The summed E-state index contributed by atoms with van der Waals surface area (Å²) in [4.78, 5) is 19.6. The van der Waals surface area contributed by atoms with Gasteiger partial charge in [0.25, 0.3) is 5.91 Å². The molecule has 163 valence electrons. The topological polar surface area (TPSA) is 83.8 Å². The monoisotopic (exact) mass is 434 g/mol. The number of amides is 1. The zero-order chi connectivity index (χ0) is 28.1. The number of hydrogen-bond donors (Lipinski definition) is 0. The molecule has 0 bridgehead atoms. The highest BCUT2D eigenvalue weighted by Gasteiger charge is 2.49. The molecule has 2 heterocycles. The minimum Gasteiger partial charge on any atom is -0.294 e. The molecule has 1 fully saturated rings. The summed E-state index contributed by atoms with van der Waals surface area (Å²) >= 11 is 0. The van der Waals surface area contributed by atoms with Gasteiger partial charge in [-0.3, -0.25) is 14.7 Å². The van der Waals surface area contributed by atoms with Crippen LogP contribution in [0.4, 0.5) is 0 Å². The van der Waals surface area contributed by atoms with E-state index >= 15 is 0 Å². The second-order valence-electron chi connectivity index (χ2n) is 8.08. The highest BCUT2D eigenvalue weighted by molar-refractivity contribution is 6.08. The summed E-state index contributed by atoms with van der Waals surface area (Å²) in [5.41, 5.74) is 6.26. The van der Waals surface area contributed by atoms with E-state index in [9.17, 15) is 4.79 Å². The van der Waals surface area contributed by atoms with Gasteiger partial charge in [-0.15, -0.1) is 10.5 Å². The molecular formula is C25H27N6O.